The molecular formula is C64H41N5. The van der Waals surface area contributed by atoms with Gasteiger partial charge in [-0.05, 0) is 65.7 Å². The van der Waals surface area contributed by atoms with Crippen LogP contribution in [0.1, 0.15) is 0 Å². The molecule has 0 bridgehead atoms. The average molecular weight is 880 g/mol. The van der Waals surface area contributed by atoms with Gasteiger partial charge in [-0.3, -0.25) is 0 Å². The van der Waals surface area contributed by atoms with Crippen LogP contribution in [0.4, 0.5) is 0 Å². The molecule has 322 valence electrons. The molecule has 14 aromatic rings. The number of benzene rings is 10. The van der Waals surface area contributed by atoms with Crippen molar-refractivity contribution < 1.29 is 0 Å². The third-order valence-corrected chi connectivity index (χ3v) is 13.9. The lowest BCUT2D eigenvalue weighted by Gasteiger charge is -2.23. The van der Waals surface area contributed by atoms with Crippen LogP contribution in [0.2, 0.25) is 0 Å². The monoisotopic (exact) mass is 879 g/mol. The van der Waals surface area contributed by atoms with Crippen molar-refractivity contribution in [3.8, 4) is 62.1 Å². The van der Waals surface area contributed by atoms with Gasteiger partial charge < -0.3 is 13.7 Å². The molecule has 4 heterocycles. The van der Waals surface area contributed by atoms with Gasteiger partial charge >= 0.3 is 0 Å². The first-order valence-electron chi connectivity index (χ1n) is 23.5. The van der Waals surface area contributed by atoms with Crippen molar-refractivity contribution in [3.63, 3.8) is 0 Å². The van der Waals surface area contributed by atoms with Crippen LogP contribution in [0, 0.1) is 0 Å². The Morgan fingerprint density at radius 1 is 0.232 bits per heavy atom. The van der Waals surface area contributed by atoms with Gasteiger partial charge in [-0.2, -0.15) is 0 Å². The highest BCUT2D eigenvalue weighted by atomic mass is 15.1. The summed E-state index contributed by atoms with van der Waals surface area (Å²) in [6.45, 7) is 0. The minimum atomic E-state index is 0.665. The summed E-state index contributed by atoms with van der Waals surface area (Å²) in [5, 5.41) is 7.17. The van der Waals surface area contributed by atoms with Crippen LogP contribution >= 0.6 is 0 Å². The molecule has 0 aliphatic rings. The highest BCUT2D eigenvalue weighted by Crippen LogP contribution is 2.45. The summed E-state index contributed by atoms with van der Waals surface area (Å²) >= 11 is 0. The lowest BCUT2D eigenvalue weighted by atomic mass is 10.0. The van der Waals surface area contributed by atoms with E-state index in [-0.39, 0.29) is 0 Å². The molecule has 0 saturated carbocycles. The zero-order valence-corrected chi connectivity index (χ0v) is 37.4. The van der Waals surface area contributed by atoms with Crippen molar-refractivity contribution in [1.82, 2.24) is 23.7 Å². The number of fused-ring (bicyclic) bond motifs is 9. The van der Waals surface area contributed by atoms with Crippen LogP contribution in [0.3, 0.4) is 0 Å². The first kappa shape index (κ1) is 38.9. The van der Waals surface area contributed by atoms with Crippen molar-refractivity contribution in [2.75, 3.05) is 0 Å². The maximum Gasteiger partial charge on any atom is 0.160 e. The van der Waals surface area contributed by atoms with Crippen LogP contribution in [-0.2, 0) is 0 Å². The second kappa shape index (κ2) is 15.7. The fourth-order valence-corrected chi connectivity index (χ4v) is 10.8. The lowest BCUT2D eigenvalue weighted by molar-refractivity contribution is 1.05. The number of aromatic nitrogens is 5. The highest BCUT2D eigenvalue weighted by molar-refractivity contribution is 6.14. The molecule has 0 spiro atoms. The minimum absolute atomic E-state index is 0.665. The fourth-order valence-electron chi connectivity index (χ4n) is 10.8. The van der Waals surface area contributed by atoms with Crippen LogP contribution in [0.5, 0.6) is 0 Å². The zero-order chi connectivity index (χ0) is 45.4. The molecule has 5 nitrogen and oxygen atoms in total. The molecule has 0 aliphatic heterocycles. The Labute approximate surface area is 398 Å². The highest BCUT2D eigenvalue weighted by Gasteiger charge is 2.26. The average Bonchev–Trinajstić information content (AvgIpc) is 4.07. The first-order valence-corrected chi connectivity index (χ1v) is 23.5. The Kier molecular flexibility index (Phi) is 8.83. The van der Waals surface area contributed by atoms with E-state index in [4.69, 9.17) is 9.97 Å². The standard InChI is InChI=1S/C64H41N5/c1-3-19-42(20-4-1)43-35-37-44(38-36-43)53-41-54(66-64(65-53)45-21-5-2-6-22-45)46-39-61(67-55-29-13-7-23-47(55)48-24-8-14-30-56(48)67)63(69-59-33-17-11-27-51(59)52-28-12-18-34-60(52)69)62(40-46)68-57-31-15-9-25-49(57)50-26-10-16-32-58(50)68/h1-41H. The Bertz CT molecular complexity index is 4000. The van der Waals surface area contributed by atoms with Gasteiger partial charge in [-0.15, -0.1) is 0 Å². The predicted octanol–water partition coefficient (Wildman–Crippen LogP) is 16.4. The van der Waals surface area contributed by atoms with E-state index < -0.39 is 0 Å². The molecule has 10 aromatic carbocycles. The summed E-state index contributed by atoms with van der Waals surface area (Å²) in [5.41, 5.74) is 16.8. The van der Waals surface area contributed by atoms with E-state index in [9.17, 15) is 0 Å². The molecule has 0 aliphatic carbocycles. The van der Waals surface area contributed by atoms with E-state index in [1.807, 2.05) is 6.07 Å². The normalized spacial score (nSPS) is 11.8. The number of para-hydroxylation sites is 6. The second-order valence-electron chi connectivity index (χ2n) is 17.7. The summed E-state index contributed by atoms with van der Waals surface area (Å²) in [6.07, 6.45) is 0. The summed E-state index contributed by atoms with van der Waals surface area (Å²) < 4.78 is 7.46. The largest absolute Gasteiger partial charge is 0.307 e. The molecule has 14 rings (SSSR count). The molecule has 0 saturated heterocycles. The van der Waals surface area contributed by atoms with Crippen LogP contribution in [0.15, 0.2) is 249 Å². The Balaban J connectivity index is 1.16. The van der Waals surface area contributed by atoms with Crippen molar-refractivity contribution in [2.45, 2.75) is 0 Å². The lowest BCUT2D eigenvalue weighted by Crippen LogP contribution is -2.10. The molecule has 0 radical (unpaired) electrons. The van der Waals surface area contributed by atoms with Crippen molar-refractivity contribution in [1.29, 1.82) is 0 Å². The maximum atomic E-state index is 5.51. The number of nitrogens with zero attached hydrogens (tertiary/aromatic N) is 5. The summed E-state index contributed by atoms with van der Waals surface area (Å²) in [7, 11) is 0. The van der Waals surface area contributed by atoms with E-state index >= 15 is 0 Å². The van der Waals surface area contributed by atoms with Crippen molar-refractivity contribution in [3.05, 3.63) is 249 Å². The quantitative estimate of drug-likeness (QED) is 0.160. The number of hydrogen-bond donors (Lipinski definition) is 0. The smallest absolute Gasteiger partial charge is 0.160 e. The zero-order valence-electron chi connectivity index (χ0n) is 37.4. The van der Waals surface area contributed by atoms with E-state index in [2.05, 4.69) is 256 Å². The predicted molar refractivity (Wildman–Crippen MR) is 287 cm³/mol. The molecule has 5 heteroatoms. The Hall–Kier alpha value is -9.32. The topological polar surface area (TPSA) is 40.6 Å². The van der Waals surface area contributed by atoms with Gasteiger partial charge in [0.25, 0.3) is 0 Å². The summed E-state index contributed by atoms with van der Waals surface area (Å²) in [4.78, 5) is 10.8. The fraction of sp³-hybridized carbons (Fsp3) is 0. The molecule has 0 unspecified atom stereocenters. The van der Waals surface area contributed by atoms with Crippen LogP contribution in [0.25, 0.3) is 128 Å². The third kappa shape index (κ3) is 6.18. The summed E-state index contributed by atoms with van der Waals surface area (Å²) in [5.74, 6) is 0.665. The van der Waals surface area contributed by atoms with E-state index in [1.54, 1.807) is 0 Å². The molecule has 69 heavy (non-hydrogen) atoms. The van der Waals surface area contributed by atoms with Gasteiger partial charge in [0, 0.05) is 49.0 Å². The van der Waals surface area contributed by atoms with E-state index in [0.29, 0.717) is 5.82 Å². The Morgan fingerprint density at radius 3 is 0.942 bits per heavy atom. The van der Waals surface area contributed by atoms with E-state index in [1.165, 1.54) is 37.9 Å². The molecule has 4 aromatic heterocycles. The SMILES string of the molecule is c1ccc(-c2ccc(-c3cc(-c4cc(-n5c6ccccc6c6ccccc65)c(-n5c6ccccc6c6ccccc65)c(-n5c6ccccc6c6ccccc65)c4)nc(-c4ccccc4)n3)cc2)cc1. The molecule has 0 N–H and O–H groups in total. The van der Waals surface area contributed by atoms with Crippen LogP contribution < -0.4 is 0 Å². The van der Waals surface area contributed by atoms with Gasteiger partial charge in [0.05, 0.1) is 61.6 Å². The first-order chi connectivity index (χ1) is 34.2. The molecule has 0 fully saturated rings. The summed E-state index contributed by atoms with van der Waals surface area (Å²) in [6, 6.07) is 89.4. The van der Waals surface area contributed by atoms with Crippen molar-refractivity contribution >= 4 is 65.4 Å². The van der Waals surface area contributed by atoms with Crippen molar-refractivity contribution in [2.24, 2.45) is 0 Å². The number of rotatable bonds is 7. The van der Waals surface area contributed by atoms with Crippen LogP contribution in [-0.4, -0.2) is 23.7 Å². The third-order valence-electron chi connectivity index (χ3n) is 13.9. The molecular weight excluding hydrogens is 839 g/mol. The minimum Gasteiger partial charge on any atom is -0.307 e. The Morgan fingerprint density at radius 2 is 0.536 bits per heavy atom. The van der Waals surface area contributed by atoms with E-state index in [0.717, 1.165) is 83.8 Å². The second-order valence-corrected chi connectivity index (χ2v) is 17.7. The van der Waals surface area contributed by atoms with Gasteiger partial charge in [0.2, 0.25) is 0 Å². The molecule has 0 atom stereocenters. The van der Waals surface area contributed by atoms with Gasteiger partial charge in [-0.25, -0.2) is 9.97 Å². The van der Waals surface area contributed by atoms with Gasteiger partial charge in [0.15, 0.2) is 5.82 Å². The maximum absolute atomic E-state index is 5.51. The van der Waals surface area contributed by atoms with Gasteiger partial charge in [0.1, 0.15) is 0 Å². The number of hydrogen-bond acceptors (Lipinski definition) is 2. The molecule has 0 amide bonds. The van der Waals surface area contributed by atoms with Gasteiger partial charge in [-0.1, -0.05) is 194 Å².